The van der Waals surface area contributed by atoms with E-state index in [1.807, 2.05) is 11.7 Å². The van der Waals surface area contributed by atoms with Crippen LogP contribution in [0.25, 0.3) is 22.6 Å². The maximum Gasteiger partial charge on any atom is 0.180 e. The Kier molecular flexibility index (Phi) is 6.80. The quantitative estimate of drug-likeness (QED) is 0.378. The Morgan fingerprint density at radius 3 is 2.43 bits per heavy atom. The standard InChI is InChI=1S/C25H29BrN8S/c26-21-13-28-25-22(23(21)34-11-9-33(10-12-34)15-20-16-35-17-29-20)30-24(31-25)19-3-1-18(2-4-19)14-32-7-5-27-6-8-32/h1-4,13,16-17,27H,5-12,14-15H2,(H,28,30,31). The van der Waals surface area contributed by atoms with Gasteiger partial charge in [-0.3, -0.25) is 9.80 Å². The summed E-state index contributed by atoms with van der Waals surface area (Å²) in [5, 5.41) is 5.55. The monoisotopic (exact) mass is 552 g/mol. The minimum Gasteiger partial charge on any atom is -0.366 e. The summed E-state index contributed by atoms with van der Waals surface area (Å²) in [5.74, 6) is 0.864. The number of fused-ring (bicyclic) bond motifs is 1. The summed E-state index contributed by atoms with van der Waals surface area (Å²) in [7, 11) is 0. The van der Waals surface area contributed by atoms with E-state index in [-0.39, 0.29) is 0 Å². The Labute approximate surface area is 217 Å². The van der Waals surface area contributed by atoms with E-state index in [4.69, 9.17) is 4.98 Å². The van der Waals surface area contributed by atoms with Gasteiger partial charge in [-0.15, -0.1) is 11.3 Å². The van der Waals surface area contributed by atoms with Crippen LogP contribution < -0.4 is 10.2 Å². The highest BCUT2D eigenvalue weighted by molar-refractivity contribution is 9.10. The van der Waals surface area contributed by atoms with Gasteiger partial charge in [0, 0.05) is 82.6 Å². The first-order chi connectivity index (χ1) is 17.2. The number of anilines is 1. The van der Waals surface area contributed by atoms with Gasteiger partial charge in [-0.05, 0) is 21.5 Å². The fourth-order valence-corrected chi connectivity index (χ4v) is 6.04. The average molecular weight is 554 g/mol. The number of rotatable bonds is 6. The van der Waals surface area contributed by atoms with Gasteiger partial charge in [-0.1, -0.05) is 24.3 Å². The molecule has 10 heteroatoms. The molecule has 2 aliphatic heterocycles. The number of imidazole rings is 1. The second-order valence-corrected chi connectivity index (χ2v) is 10.8. The first-order valence-corrected chi connectivity index (χ1v) is 13.9. The molecule has 8 nitrogen and oxygen atoms in total. The molecule has 0 aliphatic carbocycles. The Morgan fingerprint density at radius 1 is 0.914 bits per heavy atom. The fraction of sp³-hybridized carbons (Fsp3) is 0.400. The Balaban J connectivity index is 1.19. The lowest BCUT2D eigenvalue weighted by molar-refractivity contribution is 0.233. The van der Waals surface area contributed by atoms with E-state index >= 15 is 0 Å². The molecule has 0 bridgehead atoms. The smallest absolute Gasteiger partial charge is 0.180 e. The molecule has 35 heavy (non-hydrogen) atoms. The van der Waals surface area contributed by atoms with Crippen molar-refractivity contribution in [2.45, 2.75) is 13.1 Å². The van der Waals surface area contributed by atoms with Gasteiger partial charge >= 0.3 is 0 Å². The summed E-state index contributed by atoms with van der Waals surface area (Å²) >= 11 is 5.42. The molecule has 6 rings (SSSR count). The zero-order chi connectivity index (χ0) is 23.6. The molecule has 4 aromatic rings. The maximum absolute atomic E-state index is 4.84. The molecule has 0 radical (unpaired) electrons. The van der Waals surface area contributed by atoms with E-state index in [0.717, 1.165) is 104 Å². The van der Waals surface area contributed by atoms with Crippen LogP contribution in [-0.2, 0) is 13.1 Å². The number of nitrogens with zero attached hydrogens (tertiary/aromatic N) is 6. The molecular weight excluding hydrogens is 524 g/mol. The summed E-state index contributed by atoms with van der Waals surface area (Å²) in [6, 6.07) is 8.77. The number of thiazole rings is 1. The van der Waals surface area contributed by atoms with Crippen LogP contribution in [-0.4, -0.2) is 82.1 Å². The number of halogens is 1. The van der Waals surface area contributed by atoms with Crippen LogP contribution >= 0.6 is 27.3 Å². The van der Waals surface area contributed by atoms with Crippen LogP contribution in [0, 0.1) is 0 Å². The van der Waals surface area contributed by atoms with Crippen LogP contribution in [0.15, 0.2) is 45.8 Å². The predicted octanol–water partition coefficient (Wildman–Crippen LogP) is 3.57. The molecule has 1 aromatic carbocycles. The van der Waals surface area contributed by atoms with E-state index in [2.05, 4.69) is 80.5 Å². The van der Waals surface area contributed by atoms with E-state index in [9.17, 15) is 0 Å². The molecule has 2 saturated heterocycles. The lowest BCUT2D eigenvalue weighted by atomic mass is 10.1. The zero-order valence-electron chi connectivity index (χ0n) is 19.6. The number of aromatic amines is 1. The molecule has 0 atom stereocenters. The average Bonchev–Trinajstić information content (AvgIpc) is 3.56. The van der Waals surface area contributed by atoms with Crippen LogP contribution in [0.4, 0.5) is 5.69 Å². The van der Waals surface area contributed by atoms with Crippen LogP contribution in [0.3, 0.4) is 0 Å². The summed E-state index contributed by atoms with van der Waals surface area (Å²) < 4.78 is 1.000. The summed E-state index contributed by atoms with van der Waals surface area (Å²) in [4.78, 5) is 24.9. The molecular formula is C25H29BrN8S. The number of nitrogens with one attached hydrogen (secondary N) is 2. The molecule has 2 aliphatic rings. The number of H-pyrrole nitrogens is 1. The number of piperazine rings is 2. The first-order valence-electron chi connectivity index (χ1n) is 12.1. The normalized spacial score (nSPS) is 17.9. The number of aromatic nitrogens is 4. The highest BCUT2D eigenvalue weighted by Crippen LogP contribution is 2.34. The predicted molar refractivity (Wildman–Crippen MR) is 145 cm³/mol. The molecule has 0 unspecified atom stereocenters. The number of pyridine rings is 1. The van der Waals surface area contributed by atoms with Crippen LogP contribution in [0.1, 0.15) is 11.3 Å². The van der Waals surface area contributed by atoms with Crippen molar-refractivity contribution < 1.29 is 0 Å². The number of hydrogen-bond donors (Lipinski definition) is 2. The SMILES string of the molecule is Brc1cnc2nc(-c3ccc(CN4CCNCC4)cc3)[nH]c2c1N1CCN(Cc2cscn2)CC1. The van der Waals surface area contributed by atoms with Crippen molar-refractivity contribution >= 4 is 44.1 Å². The minimum atomic E-state index is 0.757. The van der Waals surface area contributed by atoms with Gasteiger partial charge in [-0.25, -0.2) is 15.0 Å². The van der Waals surface area contributed by atoms with Crippen molar-refractivity contribution in [3.63, 3.8) is 0 Å². The first kappa shape index (κ1) is 23.1. The van der Waals surface area contributed by atoms with Crippen LogP contribution in [0.2, 0.25) is 0 Å². The lowest BCUT2D eigenvalue weighted by Crippen LogP contribution is -2.46. The van der Waals surface area contributed by atoms with Gasteiger partial charge in [0.15, 0.2) is 5.65 Å². The highest BCUT2D eigenvalue weighted by Gasteiger charge is 2.23. The molecule has 2 fully saturated rings. The Bertz CT molecular complexity index is 1260. The number of hydrogen-bond acceptors (Lipinski definition) is 8. The second-order valence-electron chi connectivity index (χ2n) is 9.20. The van der Waals surface area contributed by atoms with Crippen molar-refractivity contribution in [1.82, 2.24) is 35.1 Å². The molecule has 5 heterocycles. The molecule has 0 spiro atoms. The lowest BCUT2D eigenvalue weighted by Gasteiger charge is -2.36. The topological polar surface area (TPSA) is 76.2 Å². The highest BCUT2D eigenvalue weighted by atomic mass is 79.9. The summed E-state index contributed by atoms with van der Waals surface area (Å²) in [6.45, 7) is 10.2. The van der Waals surface area contributed by atoms with Crippen molar-refractivity contribution in [3.05, 3.63) is 57.1 Å². The molecule has 2 N–H and O–H groups in total. The van der Waals surface area contributed by atoms with Crippen LogP contribution in [0.5, 0.6) is 0 Å². The van der Waals surface area contributed by atoms with Crippen molar-refractivity contribution in [3.8, 4) is 11.4 Å². The van der Waals surface area contributed by atoms with Gasteiger partial charge in [0.2, 0.25) is 0 Å². The Hall–Kier alpha value is -2.37. The Morgan fingerprint density at radius 2 is 1.69 bits per heavy atom. The van der Waals surface area contributed by atoms with Gasteiger partial charge < -0.3 is 15.2 Å². The van der Waals surface area contributed by atoms with E-state index in [1.165, 1.54) is 5.56 Å². The molecule has 182 valence electrons. The van der Waals surface area contributed by atoms with E-state index < -0.39 is 0 Å². The van der Waals surface area contributed by atoms with Gasteiger partial charge in [-0.2, -0.15) is 0 Å². The third kappa shape index (κ3) is 5.12. The summed E-state index contributed by atoms with van der Waals surface area (Å²) in [6.07, 6.45) is 1.88. The zero-order valence-corrected chi connectivity index (χ0v) is 22.0. The van der Waals surface area contributed by atoms with E-state index in [1.54, 1.807) is 11.3 Å². The second kappa shape index (κ2) is 10.3. The third-order valence-electron chi connectivity index (χ3n) is 6.85. The van der Waals surface area contributed by atoms with E-state index in [0.29, 0.717) is 0 Å². The van der Waals surface area contributed by atoms with Crippen molar-refractivity contribution in [1.29, 1.82) is 0 Å². The van der Waals surface area contributed by atoms with Gasteiger partial charge in [0.05, 0.1) is 21.4 Å². The molecule has 3 aromatic heterocycles. The van der Waals surface area contributed by atoms with Gasteiger partial charge in [0.1, 0.15) is 11.3 Å². The third-order valence-corrected chi connectivity index (χ3v) is 8.06. The largest absolute Gasteiger partial charge is 0.366 e. The van der Waals surface area contributed by atoms with Crippen molar-refractivity contribution in [2.75, 3.05) is 57.3 Å². The van der Waals surface area contributed by atoms with Crippen molar-refractivity contribution in [2.24, 2.45) is 0 Å². The molecule has 0 amide bonds. The van der Waals surface area contributed by atoms with Gasteiger partial charge in [0.25, 0.3) is 0 Å². The number of benzene rings is 1. The maximum atomic E-state index is 4.84. The minimum absolute atomic E-state index is 0.757. The fourth-order valence-electron chi connectivity index (χ4n) is 4.94. The molecule has 0 saturated carbocycles. The summed E-state index contributed by atoms with van der Waals surface area (Å²) in [5.41, 5.74) is 8.39.